The number of carbonyl (C=O) groups is 4. The Bertz CT molecular complexity index is 1100. The summed E-state index contributed by atoms with van der Waals surface area (Å²) in [5.74, 6) is -1.37. The van der Waals surface area contributed by atoms with Gasteiger partial charge in [-0.2, -0.15) is 0 Å². The number of unbranched alkanes of at least 4 members (excludes halogenated alkanes) is 1. The van der Waals surface area contributed by atoms with Gasteiger partial charge in [0.05, 0.1) is 0 Å². The van der Waals surface area contributed by atoms with E-state index in [4.69, 9.17) is 14.2 Å². The van der Waals surface area contributed by atoms with Crippen LogP contribution in [0.1, 0.15) is 65.0 Å². The number of hydrogen-bond donors (Lipinski definition) is 3. The molecule has 2 aromatic rings. The monoisotopic (exact) mass is 569 g/mol. The molecule has 0 aliphatic heterocycles. The summed E-state index contributed by atoms with van der Waals surface area (Å²) >= 11 is 0. The molecular formula is C31H43N3O7. The molecular weight excluding hydrogens is 526 g/mol. The Balaban J connectivity index is 1.92. The summed E-state index contributed by atoms with van der Waals surface area (Å²) in [6, 6.07) is 16.7. The van der Waals surface area contributed by atoms with Gasteiger partial charge in [0.1, 0.15) is 30.9 Å². The van der Waals surface area contributed by atoms with E-state index in [2.05, 4.69) is 16.0 Å². The standard InChI is InChI=1S/C31H43N3O7/c1-22(2)26(34-30(38)41-31(3,4)5)27(35)33-25(28(36)39-20-23-14-8-6-9-15-23)18-12-13-19-32-29(37)40-21-24-16-10-7-11-17-24/h6-11,14-17,22,25-26H,12-13,18-21H2,1-5H3,(H,32,37)(H,33,35)(H,34,38)/t25-,26-/m0/s1. The molecule has 0 fully saturated rings. The van der Waals surface area contributed by atoms with Crippen LogP contribution >= 0.6 is 0 Å². The average molecular weight is 570 g/mol. The maximum atomic E-state index is 13.2. The van der Waals surface area contributed by atoms with E-state index in [0.29, 0.717) is 19.4 Å². The molecule has 10 heteroatoms. The van der Waals surface area contributed by atoms with Crippen molar-refractivity contribution in [1.29, 1.82) is 0 Å². The number of esters is 1. The molecule has 2 atom stereocenters. The number of rotatable bonds is 14. The Morgan fingerprint density at radius 2 is 1.32 bits per heavy atom. The van der Waals surface area contributed by atoms with Gasteiger partial charge in [-0.1, -0.05) is 74.5 Å². The van der Waals surface area contributed by atoms with Crippen molar-refractivity contribution in [2.75, 3.05) is 6.54 Å². The van der Waals surface area contributed by atoms with Gasteiger partial charge >= 0.3 is 18.2 Å². The molecule has 224 valence electrons. The second-order valence-electron chi connectivity index (χ2n) is 11.0. The molecule has 3 amide bonds. The maximum absolute atomic E-state index is 13.2. The van der Waals surface area contributed by atoms with Gasteiger partial charge in [0, 0.05) is 6.54 Å². The lowest BCUT2D eigenvalue weighted by Gasteiger charge is -2.27. The number of alkyl carbamates (subject to hydrolysis) is 2. The minimum atomic E-state index is -0.946. The van der Waals surface area contributed by atoms with Gasteiger partial charge in [-0.05, 0) is 57.1 Å². The van der Waals surface area contributed by atoms with E-state index in [1.807, 2.05) is 60.7 Å². The van der Waals surface area contributed by atoms with Crippen molar-refractivity contribution in [1.82, 2.24) is 16.0 Å². The van der Waals surface area contributed by atoms with Gasteiger partial charge in [-0.3, -0.25) is 4.79 Å². The molecule has 0 aliphatic rings. The first-order valence-corrected chi connectivity index (χ1v) is 13.9. The fourth-order valence-corrected chi connectivity index (χ4v) is 3.75. The summed E-state index contributed by atoms with van der Waals surface area (Å²) < 4.78 is 16.0. The number of benzene rings is 2. The molecule has 0 saturated heterocycles. The van der Waals surface area contributed by atoms with Crippen molar-refractivity contribution in [3.05, 3.63) is 71.8 Å². The fourth-order valence-electron chi connectivity index (χ4n) is 3.75. The molecule has 0 saturated carbocycles. The van der Waals surface area contributed by atoms with Crippen LogP contribution in [0.15, 0.2) is 60.7 Å². The molecule has 0 heterocycles. The molecule has 41 heavy (non-hydrogen) atoms. The van der Waals surface area contributed by atoms with Crippen LogP contribution in [0.25, 0.3) is 0 Å². The normalized spacial score (nSPS) is 12.5. The summed E-state index contributed by atoms with van der Waals surface area (Å²) in [7, 11) is 0. The number of amides is 3. The Morgan fingerprint density at radius 1 is 0.756 bits per heavy atom. The Kier molecular flexibility index (Phi) is 13.6. The van der Waals surface area contributed by atoms with Crippen LogP contribution in [0, 0.1) is 5.92 Å². The maximum Gasteiger partial charge on any atom is 0.408 e. The molecule has 0 unspecified atom stereocenters. The van der Waals surface area contributed by atoms with Crippen molar-refractivity contribution < 1.29 is 33.4 Å². The first-order valence-electron chi connectivity index (χ1n) is 13.9. The minimum Gasteiger partial charge on any atom is -0.459 e. The number of carbonyl (C=O) groups excluding carboxylic acids is 4. The summed E-state index contributed by atoms with van der Waals surface area (Å²) in [5.41, 5.74) is 0.973. The van der Waals surface area contributed by atoms with Crippen molar-refractivity contribution in [3.8, 4) is 0 Å². The van der Waals surface area contributed by atoms with E-state index < -0.39 is 41.7 Å². The third-order valence-electron chi connectivity index (χ3n) is 5.85. The van der Waals surface area contributed by atoms with E-state index in [1.165, 1.54) is 0 Å². The highest BCUT2D eigenvalue weighted by Crippen LogP contribution is 2.11. The van der Waals surface area contributed by atoms with Crippen LogP contribution in [0.2, 0.25) is 0 Å². The minimum absolute atomic E-state index is 0.0601. The zero-order valence-electron chi connectivity index (χ0n) is 24.6. The second kappa shape index (κ2) is 16.9. The van der Waals surface area contributed by atoms with Crippen molar-refractivity contribution in [3.63, 3.8) is 0 Å². The van der Waals surface area contributed by atoms with E-state index in [1.54, 1.807) is 34.6 Å². The molecule has 0 aliphatic carbocycles. The summed E-state index contributed by atoms with van der Waals surface area (Å²) in [5, 5.41) is 8.04. The predicted molar refractivity (Wildman–Crippen MR) is 155 cm³/mol. The van der Waals surface area contributed by atoms with Crippen LogP contribution < -0.4 is 16.0 Å². The lowest BCUT2D eigenvalue weighted by atomic mass is 10.0. The first-order chi connectivity index (χ1) is 19.4. The topological polar surface area (TPSA) is 132 Å². The molecule has 0 spiro atoms. The SMILES string of the molecule is CC(C)[C@H](NC(=O)OC(C)(C)C)C(=O)N[C@@H](CCCCNC(=O)OCc1ccccc1)C(=O)OCc1ccccc1. The number of ether oxygens (including phenoxy) is 3. The van der Waals surface area contributed by atoms with Gasteiger partial charge in [-0.15, -0.1) is 0 Å². The smallest absolute Gasteiger partial charge is 0.408 e. The lowest BCUT2D eigenvalue weighted by Crippen LogP contribution is -2.54. The number of nitrogens with one attached hydrogen (secondary N) is 3. The van der Waals surface area contributed by atoms with Crippen LogP contribution in [0.4, 0.5) is 9.59 Å². The Morgan fingerprint density at radius 3 is 1.85 bits per heavy atom. The molecule has 10 nitrogen and oxygen atoms in total. The van der Waals surface area contributed by atoms with Gasteiger partial charge in [-0.25, -0.2) is 14.4 Å². The zero-order chi connectivity index (χ0) is 30.3. The lowest BCUT2D eigenvalue weighted by molar-refractivity contribution is -0.149. The molecule has 2 aromatic carbocycles. The van der Waals surface area contributed by atoms with Crippen molar-refractivity contribution in [2.24, 2.45) is 5.92 Å². The van der Waals surface area contributed by atoms with Crippen molar-refractivity contribution in [2.45, 2.75) is 84.8 Å². The highest BCUT2D eigenvalue weighted by molar-refractivity contribution is 5.89. The summed E-state index contributed by atoms with van der Waals surface area (Å²) in [6.07, 6.45) is 0.0737. The third-order valence-corrected chi connectivity index (χ3v) is 5.85. The summed E-state index contributed by atoms with van der Waals surface area (Å²) in [4.78, 5) is 50.5. The van der Waals surface area contributed by atoms with Gasteiger partial charge < -0.3 is 30.2 Å². The number of hydrogen-bond acceptors (Lipinski definition) is 7. The predicted octanol–water partition coefficient (Wildman–Crippen LogP) is 4.86. The van der Waals surface area contributed by atoms with Crippen LogP contribution in [-0.2, 0) is 37.0 Å². The summed E-state index contributed by atoms with van der Waals surface area (Å²) in [6.45, 7) is 9.32. The quantitative estimate of drug-likeness (QED) is 0.168. The van der Waals surface area contributed by atoms with E-state index >= 15 is 0 Å². The Hall–Kier alpha value is -4.08. The molecule has 0 aromatic heterocycles. The van der Waals surface area contributed by atoms with Crippen LogP contribution in [0.5, 0.6) is 0 Å². The second-order valence-corrected chi connectivity index (χ2v) is 11.0. The first kappa shape index (κ1) is 33.1. The Labute approximate surface area is 242 Å². The van der Waals surface area contributed by atoms with Crippen molar-refractivity contribution >= 4 is 24.1 Å². The molecule has 2 rings (SSSR count). The molecule has 3 N–H and O–H groups in total. The van der Waals surface area contributed by atoms with Gasteiger partial charge in [0.2, 0.25) is 5.91 Å². The largest absolute Gasteiger partial charge is 0.459 e. The average Bonchev–Trinajstić information content (AvgIpc) is 2.92. The van der Waals surface area contributed by atoms with E-state index in [0.717, 1.165) is 11.1 Å². The highest BCUT2D eigenvalue weighted by Gasteiger charge is 2.30. The van der Waals surface area contributed by atoms with E-state index in [-0.39, 0.29) is 25.6 Å². The highest BCUT2D eigenvalue weighted by atomic mass is 16.6. The van der Waals surface area contributed by atoms with Gasteiger partial charge in [0.15, 0.2) is 0 Å². The van der Waals surface area contributed by atoms with Gasteiger partial charge in [0.25, 0.3) is 0 Å². The molecule has 0 radical (unpaired) electrons. The molecule has 0 bridgehead atoms. The van der Waals surface area contributed by atoms with Crippen LogP contribution in [-0.4, -0.2) is 48.3 Å². The third kappa shape index (κ3) is 13.7. The van der Waals surface area contributed by atoms with Crippen LogP contribution in [0.3, 0.4) is 0 Å². The fraction of sp³-hybridized carbons (Fsp3) is 0.484. The van der Waals surface area contributed by atoms with E-state index in [9.17, 15) is 19.2 Å². The zero-order valence-corrected chi connectivity index (χ0v) is 24.6.